The number of hydrogen-bond donors (Lipinski definition) is 1. The molecule has 4 nitrogen and oxygen atoms in total. The summed E-state index contributed by atoms with van der Waals surface area (Å²) in [6, 6.07) is 20.4. The molecule has 1 heterocycles. The Morgan fingerprint density at radius 1 is 1.00 bits per heavy atom. The van der Waals surface area contributed by atoms with Crippen molar-refractivity contribution >= 4 is 18.8 Å². The third kappa shape index (κ3) is 6.89. The predicted octanol–water partition coefficient (Wildman–Crippen LogP) is 6.33. The normalized spacial score (nSPS) is 18.8. The average molecular weight is 482 g/mol. The van der Waals surface area contributed by atoms with E-state index >= 15 is 0 Å². The van der Waals surface area contributed by atoms with E-state index in [0.29, 0.717) is 6.61 Å². The first kappa shape index (κ1) is 24.9. The fraction of sp³-hybridized carbons (Fsp3) is 0.429. The molecule has 0 amide bonds. The maximum atomic E-state index is 13.4. The van der Waals surface area contributed by atoms with Crippen LogP contribution in [-0.4, -0.2) is 40.7 Å². The molecule has 2 unspecified atom stereocenters. The Labute approximate surface area is 203 Å². The van der Waals surface area contributed by atoms with Crippen molar-refractivity contribution in [2.24, 2.45) is 0 Å². The minimum Gasteiger partial charge on any atom is -0.467 e. The van der Waals surface area contributed by atoms with E-state index < -0.39 is 8.07 Å². The van der Waals surface area contributed by atoms with E-state index in [0.717, 1.165) is 59.8 Å². The van der Waals surface area contributed by atoms with Crippen molar-refractivity contribution in [1.82, 2.24) is 5.32 Å². The molecule has 0 spiro atoms. The highest BCUT2D eigenvalue weighted by Crippen LogP contribution is 2.31. The first-order chi connectivity index (χ1) is 16.4. The van der Waals surface area contributed by atoms with E-state index in [1.165, 1.54) is 12.1 Å². The zero-order valence-corrected chi connectivity index (χ0v) is 21.5. The Morgan fingerprint density at radius 3 is 2.47 bits per heavy atom. The van der Waals surface area contributed by atoms with Gasteiger partial charge in [0.1, 0.15) is 11.6 Å². The molecule has 0 saturated carbocycles. The maximum Gasteiger partial charge on any atom is 0.189 e. The predicted molar refractivity (Wildman–Crippen MR) is 139 cm³/mol. The Balaban J connectivity index is 1.46. The molecule has 1 aliphatic rings. The Hall–Kier alpha value is -2.25. The van der Waals surface area contributed by atoms with Crippen molar-refractivity contribution in [3.63, 3.8) is 0 Å². The molecule has 4 rings (SSSR count). The first-order valence-corrected chi connectivity index (χ1v) is 15.9. The molecular formula is C28H36FNO3Si. The van der Waals surface area contributed by atoms with Gasteiger partial charge < -0.3 is 19.5 Å². The van der Waals surface area contributed by atoms with Crippen molar-refractivity contribution in [1.29, 1.82) is 0 Å². The number of halogens is 1. The summed E-state index contributed by atoms with van der Waals surface area (Å²) in [4.78, 5) is 0. The van der Waals surface area contributed by atoms with E-state index in [4.69, 9.17) is 14.2 Å². The molecule has 3 aromatic rings. The van der Waals surface area contributed by atoms with Crippen molar-refractivity contribution < 1.29 is 18.6 Å². The number of rotatable bonds is 10. The van der Waals surface area contributed by atoms with Crippen LogP contribution in [0.2, 0.25) is 25.7 Å². The van der Waals surface area contributed by atoms with Gasteiger partial charge in [0, 0.05) is 32.7 Å². The van der Waals surface area contributed by atoms with E-state index in [1.807, 2.05) is 24.3 Å². The summed E-state index contributed by atoms with van der Waals surface area (Å²) in [6.45, 7) is 10.1. The minimum atomic E-state index is -1.13. The molecule has 1 N–H and O–H groups in total. The van der Waals surface area contributed by atoms with Crippen LogP contribution in [0.5, 0.6) is 5.75 Å². The van der Waals surface area contributed by atoms with E-state index in [-0.39, 0.29) is 24.6 Å². The lowest BCUT2D eigenvalue weighted by atomic mass is 9.87. The van der Waals surface area contributed by atoms with Gasteiger partial charge in [0.15, 0.2) is 6.79 Å². The number of ether oxygens (including phenoxy) is 3. The van der Waals surface area contributed by atoms with E-state index in [9.17, 15) is 4.39 Å². The van der Waals surface area contributed by atoms with Crippen molar-refractivity contribution in [2.75, 3.05) is 26.5 Å². The summed E-state index contributed by atoms with van der Waals surface area (Å²) in [5.41, 5.74) is 2.13. The molecule has 1 fully saturated rings. The summed E-state index contributed by atoms with van der Waals surface area (Å²) >= 11 is 0. The molecule has 1 aliphatic heterocycles. The van der Waals surface area contributed by atoms with Gasteiger partial charge in [0.05, 0.1) is 12.7 Å². The van der Waals surface area contributed by atoms with Crippen molar-refractivity contribution in [3.05, 3.63) is 77.6 Å². The van der Waals surface area contributed by atoms with Crippen LogP contribution in [0.25, 0.3) is 10.8 Å². The van der Waals surface area contributed by atoms with Crippen LogP contribution in [0.1, 0.15) is 23.5 Å². The number of nitrogens with one attached hydrogen (secondary N) is 1. The lowest BCUT2D eigenvalue weighted by molar-refractivity contribution is 0.00319. The standard InChI is InChI=1S/C28H36FNO3Si/c1-34(2,3)15-14-31-20-33-27-17-23-7-5-4-6-22(23)16-24(27)19-32-28-18-30-13-12-26(28)21-8-10-25(29)11-9-21/h4-11,16-17,26,28,30H,12-15,18-20H2,1-3H3. The third-order valence-corrected chi connectivity index (χ3v) is 8.10. The van der Waals surface area contributed by atoms with Crippen LogP contribution in [0, 0.1) is 5.82 Å². The number of benzene rings is 3. The fourth-order valence-corrected chi connectivity index (χ4v) is 5.11. The second kappa shape index (κ2) is 11.4. The van der Waals surface area contributed by atoms with Crippen molar-refractivity contribution in [2.45, 2.75) is 50.7 Å². The van der Waals surface area contributed by atoms with Gasteiger partial charge in [-0.05, 0) is 59.6 Å². The van der Waals surface area contributed by atoms with Gasteiger partial charge >= 0.3 is 0 Å². The van der Waals surface area contributed by atoms with E-state index in [1.54, 1.807) is 0 Å². The quantitative estimate of drug-likeness (QED) is 0.209. The van der Waals surface area contributed by atoms with Crippen LogP contribution < -0.4 is 10.1 Å². The highest BCUT2D eigenvalue weighted by Gasteiger charge is 2.27. The summed E-state index contributed by atoms with van der Waals surface area (Å²) in [5.74, 6) is 0.825. The molecule has 34 heavy (non-hydrogen) atoms. The smallest absolute Gasteiger partial charge is 0.189 e. The number of hydrogen-bond acceptors (Lipinski definition) is 4. The van der Waals surface area contributed by atoms with E-state index in [2.05, 4.69) is 49.2 Å². The molecule has 1 saturated heterocycles. The van der Waals surface area contributed by atoms with Crippen LogP contribution in [-0.2, 0) is 16.1 Å². The van der Waals surface area contributed by atoms with Gasteiger partial charge in [0.2, 0.25) is 0 Å². The zero-order chi connectivity index (χ0) is 24.0. The zero-order valence-electron chi connectivity index (χ0n) is 20.5. The molecule has 3 aromatic carbocycles. The largest absolute Gasteiger partial charge is 0.467 e. The van der Waals surface area contributed by atoms with Gasteiger partial charge in [0.25, 0.3) is 0 Å². The lowest BCUT2D eigenvalue weighted by Crippen LogP contribution is -2.41. The Kier molecular flexibility index (Phi) is 8.37. The molecule has 2 atom stereocenters. The highest BCUT2D eigenvalue weighted by molar-refractivity contribution is 6.76. The molecule has 6 heteroatoms. The van der Waals surface area contributed by atoms with Gasteiger partial charge in [-0.15, -0.1) is 0 Å². The van der Waals surface area contributed by atoms with Crippen molar-refractivity contribution in [3.8, 4) is 5.75 Å². The Bertz CT molecular complexity index is 1070. The molecule has 0 radical (unpaired) electrons. The second-order valence-electron chi connectivity index (χ2n) is 10.3. The molecular weight excluding hydrogens is 445 g/mol. The third-order valence-electron chi connectivity index (χ3n) is 6.40. The van der Waals surface area contributed by atoms with Crippen LogP contribution in [0.3, 0.4) is 0 Å². The van der Waals surface area contributed by atoms with Gasteiger partial charge in [-0.3, -0.25) is 0 Å². The number of piperidine rings is 1. The van der Waals surface area contributed by atoms with Gasteiger partial charge in [-0.1, -0.05) is 56.0 Å². The van der Waals surface area contributed by atoms with Crippen LogP contribution in [0.4, 0.5) is 4.39 Å². The van der Waals surface area contributed by atoms with Gasteiger partial charge in [-0.25, -0.2) is 4.39 Å². The first-order valence-electron chi connectivity index (χ1n) is 12.2. The monoisotopic (exact) mass is 481 g/mol. The average Bonchev–Trinajstić information content (AvgIpc) is 2.82. The Morgan fingerprint density at radius 2 is 1.74 bits per heavy atom. The lowest BCUT2D eigenvalue weighted by Gasteiger charge is -2.32. The minimum absolute atomic E-state index is 0.00604. The summed E-state index contributed by atoms with van der Waals surface area (Å²) in [5, 5.41) is 5.73. The topological polar surface area (TPSA) is 39.7 Å². The fourth-order valence-electron chi connectivity index (χ4n) is 4.35. The number of fused-ring (bicyclic) bond motifs is 1. The second-order valence-corrected chi connectivity index (χ2v) is 15.9. The summed E-state index contributed by atoms with van der Waals surface area (Å²) in [7, 11) is -1.13. The highest BCUT2D eigenvalue weighted by atomic mass is 28.3. The summed E-state index contributed by atoms with van der Waals surface area (Å²) in [6.07, 6.45) is 0.967. The summed E-state index contributed by atoms with van der Waals surface area (Å²) < 4.78 is 31.8. The maximum absolute atomic E-state index is 13.4. The van der Waals surface area contributed by atoms with Crippen LogP contribution >= 0.6 is 0 Å². The SMILES string of the molecule is C[Si](C)(C)CCOCOc1cc2ccccc2cc1COC1CNCCC1c1ccc(F)cc1. The van der Waals surface area contributed by atoms with Crippen LogP contribution in [0.15, 0.2) is 60.7 Å². The molecule has 0 aromatic heterocycles. The molecule has 0 aliphatic carbocycles. The molecule has 182 valence electrons. The van der Waals surface area contributed by atoms with Gasteiger partial charge in [-0.2, -0.15) is 0 Å². The molecule has 0 bridgehead atoms.